The van der Waals surface area contributed by atoms with Crippen LogP contribution in [0, 0.1) is 0 Å². The zero-order valence-corrected chi connectivity index (χ0v) is 20.3. The van der Waals surface area contributed by atoms with Gasteiger partial charge in [-0.25, -0.2) is 0 Å². The van der Waals surface area contributed by atoms with E-state index in [9.17, 15) is 9.59 Å². The first-order valence-corrected chi connectivity index (χ1v) is 12.3. The lowest BCUT2D eigenvalue weighted by molar-refractivity contribution is 0.0865. The molecule has 2 aliphatic rings. The summed E-state index contributed by atoms with van der Waals surface area (Å²) in [5, 5.41) is 5.89. The molecular weight excluding hydrogens is 456 g/mol. The zero-order chi connectivity index (χ0) is 24.9. The second kappa shape index (κ2) is 10.8. The van der Waals surface area contributed by atoms with E-state index in [1.165, 1.54) is 5.56 Å². The van der Waals surface area contributed by atoms with Crippen molar-refractivity contribution in [2.24, 2.45) is 0 Å². The fourth-order valence-corrected chi connectivity index (χ4v) is 4.56. The Hall–Kier alpha value is -3.84. The Bertz CT molecular complexity index is 1270. The summed E-state index contributed by atoms with van der Waals surface area (Å²) in [7, 11) is 0. The minimum absolute atomic E-state index is 0.130. The van der Waals surface area contributed by atoms with Crippen LogP contribution in [0.15, 0.2) is 60.7 Å². The van der Waals surface area contributed by atoms with Crippen LogP contribution in [0.4, 0.5) is 0 Å². The van der Waals surface area contributed by atoms with Gasteiger partial charge in [-0.05, 0) is 65.6 Å². The van der Waals surface area contributed by atoms with E-state index in [1.807, 2.05) is 42.5 Å². The maximum absolute atomic E-state index is 13.0. The number of benzene rings is 3. The second-order valence-electron chi connectivity index (χ2n) is 9.17. The smallest absolute Gasteiger partial charge is 0.251 e. The number of hydrogen-bond donors (Lipinski definition) is 2. The van der Waals surface area contributed by atoms with Gasteiger partial charge in [-0.2, -0.15) is 0 Å². The molecule has 0 spiro atoms. The van der Waals surface area contributed by atoms with Crippen LogP contribution in [0.1, 0.15) is 49.9 Å². The van der Waals surface area contributed by atoms with Crippen LogP contribution in [-0.2, 0) is 24.1 Å². The van der Waals surface area contributed by atoms with Crippen LogP contribution >= 0.6 is 0 Å². The summed E-state index contributed by atoms with van der Waals surface area (Å²) in [6, 6.07) is 19.0. The fraction of sp³-hybridized carbons (Fsp3) is 0.310. The van der Waals surface area contributed by atoms with Crippen molar-refractivity contribution in [2.75, 3.05) is 26.4 Å². The van der Waals surface area contributed by atoms with Crippen LogP contribution in [0.25, 0.3) is 0 Å². The molecule has 7 heteroatoms. The van der Waals surface area contributed by atoms with Gasteiger partial charge in [0.15, 0.2) is 0 Å². The van der Waals surface area contributed by atoms with Gasteiger partial charge in [-0.3, -0.25) is 9.59 Å². The Labute approximate surface area is 210 Å². The molecule has 2 heterocycles. The molecule has 36 heavy (non-hydrogen) atoms. The monoisotopic (exact) mass is 486 g/mol. The van der Waals surface area contributed by atoms with Gasteiger partial charge in [0, 0.05) is 37.1 Å². The van der Waals surface area contributed by atoms with E-state index in [4.69, 9.17) is 14.2 Å². The molecule has 1 unspecified atom stereocenters. The molecular formula is C29H30N2O5. The number of carbonyl (C=O) groups is 2. The van der Waals surface area contributed by atoms with Crippen molar-refractivity contribution in [2.45, 2.75) is 32.4 Å². The molecule has 0 radical (unpaired) electrons. The van der Waals surface area contributed by atoms with E-state index < -0.39 is 0 Å². The average molecular weight is 487 g/mol. The molecule has 2 bridgehead atoms. The number of hydrogen-bond acceptors (Lipinski definition) is 5. The Balaban J connectivity index is 1.33. The molecule has 2 amide bonds. The van der Waals surface area contributed by atoms with Crippen LogP contribution in [0.2, 0.25) is 0 Å². The van der Waals surface area contributed by atoms with Crippen molar-refractivity contribution in [1.29, 1.82) is 0 Å². The fourth-order valence-electron chi connectivity index (χ4n) is 4.56. The standard InChI is InChI=1S/C29H30N2O5/c1-19-13-24-16-21(5-7-27(24)36-19)18-31-29(33)23-6-8-26-25(17-23)15-20-3-2-4-22(14-20)28(32)30-9-10-34-11-12-35-26/h2-8,14,16-17,19H,9-13,15,18H2,1H3,(H,30,32)(H,31,33). The molecule has 2 aliphatic heterocycles. The molecule has 7 nitrogen and oxygen atoms in total. The Morgan fingerprint density at radius 1 is 1.00 bits per heavy atom. The first kappa shape index (κ1) is 23.9. The summed E-state index contributed by atoms with van der Waals surface area (Å²) in [4.78, 5) is 25.5. The van der Waals surface area contributed by atoms with Gasteiger partial charge in [-0.1, -0.05) is 24.3 Å². The van der Waals surface area contributed by atoms with Crippen LogP contribution in [0.3, 0.4) is 0 Å². The first-order chi connectivity index (χ1) is 17.5. The first-order valence-electron chi connectivity index (χ1n) is 12.3. The van der Waals surface area contributed by atoms with E-state index in [1.54, 1.807) is 12.1 Å². The maximum atomic E-state index is 13.0. The lowest BCUT2D eigenvalue weighted by Gasteiger charge is -2.15. The summed E-state index contributed by atoms with van der Waals surface area (Å²) in [6.45, 7) is 4.14. The van der Waals surface area contributed by atoms with E-state index >= 15 is 0 Å². The molecule has 0 aromatic heterocycles. The Kier molecular flexibility index (Phi) is 7.18. The summed E-state index contributed by atoms with van der Waals surface area (Å²) in [5.74, 6) is 1.35. The molecule has 0 fully saturated rings. The highest BCUT2D eigenvalue weighted by molar-refractivity contribution is 5.95. The topological polar surface area (TPSA) is 85.9 Å². The molecule has 186 valence electrons. The average Bonchev–Trinajstić information content (AvgIpc) is 3.26. The van der Waals surface area contributed by atoms with Gasteiger partial charge in [0.05, 0.1) is 13.2 Å². The number of nitrogens with one attached hydrogen (secondary N) is 2. The highest BCUT2D eigenvalue weighted by Gasteiger charge is 2.19. The van der Waals surface area contributed by atoms with Gasteiger partial charge >= 0.3 is 0 Å². The van der Waals surface area contributed by atoms with Crippen LogP contribution in [-0.4, -0.2) is 44.3 Å². The van der Waals surface area contributed by atoms with Crippen molar-refractivity contribution in [3.8, 4) is 11.5 Å². The third-order valence-corrected chi connectivity index (χ3v) is 6.34. The van der Waals surface area contributed by atoms with Gasteiger partial charge in [0.2, 0.25) is 0 Å². The molecule has 1 atom stereocenters. The van der Waals surface area contributed by atoms with Crippen molar-refractivity contribution in [3.63, 3.8) is 0 Å². The van der Waals surface area contributed by atoms with Crippen LogP contribution in [0.5, 0.6) is 11.5 Å². The minimum Gasteiger partial charge on any atom is -0.491 e. The lowest BCUT2D eigenvalue weighted by Crippen LogP contribution is -2.28. The van der Waals surface area contributed by atoms with Crippen molar-refractivity contribution in [1.82, 2.24) is 10.6 Å². The zero-order valence-electron chi connectivity index (χ0n) is 20.3. The van der Waals surface area contributed by atoms with Crippen molar-refractivity contribution < 1.29 is 23.8 Å². The number of fused-ring (bicyclic) bond motifs is 4. The third kappa shape index (κ3) is 5.69. The summed E-state index contributed by atoms with van der Waals surface area (Å²) >= 11 is 0. The number of carbonyl (C=O) groups excluding carboxylic acids is 2. The molecule has 0 aliphatic carbocycles. The van der Waals surface area contributed by atoms with Gasteiger partial charge in [-0.15, -0.1) is 0 Å². The Morgan fingerprint density at radius 2 is 1.89 bits per heavy atom. The van der Waals surface area contributed by atoms with E-state index in [-0.39, 0.29) is 17.9 Å². The lowest BCUT2D eigenvalue weighted by atomic mass is 9.99. The summed E-state index contributed by atoms with van der Waals surface area (Å²) in [6.07, 6.45) is 1.60. The van der Waals surface area contributed by atoms with Gasteiger partial charge in [0.25, 0.3) is 11.8 Å². The molecule has 5 rings (SSSR count). The predicted molar refractivity (Wildman–Crippen MR) is 136 cm³/mol. The number of amides is 2. The van der Waals surface area contributed by atoms with E-state index in [0.717, 1.165) is 28.9 Å². The second-order valence-corrected chi connectivity index (χ2v) is 9.17. The summed E-state index contributed by atoms with van der Waals surface area (Å²) < 4.78 is 17.3. The van der Waals surface area contributed by atoms with Gasteiger partial charge in [0.1, 0.15) is 24.2 Å². The molecule has 3 aromatic rings. The minimum atomic E-state index is -0.154. The number of ether oxygens (including phenoxy) is 3. The Morgan fingerprint density at radius 3 is 2.81 bits per heavy atom. The van der Waals surface area contributed by atoms with Crippen LogP contribution < -0.4 is 20.1 Å². The largest absolute Gasteiger partial charge is 0.491 e. The molecule has 3 aromatic carbocycles. The normalized spacial score (nSPS) is 17.5. The number of rotatable bonds is 3. The van der Waals surface area contributed by atoms with Gasteiger partial charge < -0.3 is 24.8 Å². The summed E-state index contributed by atoms with van der Waals surface area (Å²) in [5.41, 5.74) is 5.21. The molecule has 2 N–H and O–H groups in total. The quantitative estimate of drug-likeness (QED) is 0.590. The molecule has 0 saturated heterocycles. The van der Waals surface area contributed by atoms with Crippen molar-refractivity contribution in [3.05, 3.63) is 94.0 Å². The van der Waals surface area contributed by atoms with Crippen molar-refractivity contribution >= 4 is 11.8 Å². The predicted octanol–water partition coefficient (Wildman–Crippen LogP) is 3.67. The highest BCUT2D eigenvalue weighted by Crippen LogP contribution is 2.29. The molecule has 0 saturated carbocycles. The maximum Gasteiger partial charge on any atom is 0.251 e. The SMILES string of the molecule is CC1Cc2cc(CNC(=O)c3ccc4c(c3)Cc3cccc(c3)C(=O)NCCOCCO4)ccc2O1. The third-order valence-electron chi connectivity index (χ3n) is 6.34. The highest BCUT2D eigenvalue weighted by atomic mass is 16.5. The van der Waals surface area contributed by atoms with E-state index in [0.29, 0.717) is 56.2 Å². The van der Waals surface area contributed by atoms with E-state index in [2.05, 4.69) is 23.6 Å².